The fourth-order valence-electron chi connectivity index (χ4n) is 1.59. The van der Waals surface area contributed by atoms with E-state index in [0.717, 1.165) is 24.3 Å². The van der Waals surface area contributed by atoms with Crippen molar-refractivity contribution in [2.45, 2.75) is 19.4 Å². The normalized spacial score (nSPS) is 10.2. The molecule has 0 aliphatic rings. The fourth-order valence-corrected chi connectivity index (χ4v) is 1.79. The number of ether oxygens (including phenoxy) is 1. The molecule has 0 unspecified atom stereocenters. The Hall–Kier alpha value is -1.26. The van der Waals surface area contributed by atoms with Gasteiger partial charge in [-0.3, -0.25) is 4.79 Å². The number of methoxy groups -OCH3 is 1. The van der Waals surface area contributed by atoms with Crippen LogP contribution in [-0.4, -0.2) is 26.6 Å². The highest BCUT2D eigenvalue weighted by atomic mass is 35.5. The summed E-state index contributed by atoms with van der Waals surface area (Å²) in [6, 6.07) is 5.36. The maximum absolute atomic E-state index is 11.6. The van der Waals surface area contributed by atoms with Crippen molar-refractivity contribution in [1.82, 2.24) is 10.6 Å². The molecule has 0 aliphatic heterocycles. The maximum Gasteiger partial charge on any atom is 0.220 e. The molecule has 0 heterocycles. The highest BCUT2D eigenvalue weighted by Gasteiger charge is 2.06. The van der Waals surface area contributed by atoms with Gasteiger partial charge >= 0.3 is 0 Å². The van der Waals surface area contributed by atoms with E-state index in [-0.39, 0.29) is 5.91 Å². The monoisotopic (exact) mass is 270 g/mol. The lowest BCUT2D eigenvalue weighted by molar-refractivity contribution is -0.121. The Kier molecular flexibility index (Phi) is 6.54. The zero-order chi connectivity index (χ0) is 13.4. The highest BCUT2D eigenvalue weighted by molar-refractivity contribution is 6.30. The van der Waals surface area contributed by atoms with Crippen LogP contribution in [-0.2, 0) is 11.3 Å². The average molecular weight is 271 g/mol. The number of halogens is 1. The minimum Gasteiger partial charge on any atom is -0.496 e. The fraction of sp³-hybridized carbons (Fsp3) is 0.462. The Bertz CT molecular complexity index is 397. The van der Waals surface area contributed by atoms with Crippen LogP contribution in [0.5, 0.6) is 5.75 Å². The maximum atomic E-state index is 11.6. The third-order valence-corrected chi connectivity index (χ3v) is 2.78. The van der Waals surface area contributed by atoms with Gasteiger partial charge in [-0.2, -0.15) is 0 Å². The summed E-state index contributed by atoms with van der Waals surface area (Å²) >= 11 is 5.91. The molecule has 5 heteroatoms. The molecule has 0 atom stereocenters. The van der Waals surface area contributed by atoms with Crippen molar-refractivity contribution in [3.8, 4) is 5.75 Å². The molecular formula is C13H19ClN2O2. The van der Waals surface area contributed by atoms with E-state index < -0.39 is 0 Å². The minimum atomic E-state index is 0.0345. The van der Waals surface area contributed by atoms with Crippen LogP contribution in [0.1, 0.15) is 18.4 Å². The van der Waals surface area contributed by atoms with Gasteiger partial charge in [0.15, 0.2) is 0 Å². The van der Waals surface area contributed by atoms with Crippen LogP contribution in [0, 0.1) is 0 Å². The Labute approximate surface area is 113 Å². The molecule has 4 nitrogen and oxygen atoms in total. The predicted octanol–water partition coefficient (Wildman–Crippen LogP) is 1.96. The lowest BCUT2D eigenvalue weighted by atomic mass is 10.2. The lowest BCUT2D eigenvalue weighted by Gasteiger charge is -2.10. The van der Waals surface area contributed by atoms with Crippen LogP contribution in [0.4, 0.5) is 0 Å². The molecule has 0 spiro atoms. The van der Waals surface area contributed by atoms with Crippen LogP contribution in [0.2, 0.25) is 5.02 Å². The summed E-state index contributed by atoms with van der Waals surface area (Å²) in [7, 11) is 3.47. The number of carbonyl (C=O) groups excluding carboxylic acids is 1. The van der Waals surface area contributed by atoms with Crippen molar-refractivity contribution in [2.24, 2.45) is 0 Å². The molecule has 0 saturated carbocycles. The summed E-state index contributed by atoms with van der Waals surface area (Å²) in [5.74, 6) is 0.766. The van der Waals surface area contributed by atoms with Gasteiger partial charge in [0.1, 0.15) is 5.75 Å². The zero-order valence-corrected chi connectivity index (χ0v) is 11.5. The molecule has 0 aliphatic carbocycles. The van der Waals surface area contributed by atoms with Gasteiger partial charge in [0, 0.05) is 23.6 Å². The Morgan fingerprint density at radius 3 is 2.89 bits per heavy atom. The predicted molar refractivity (Wildman–Crippen MR) is 73.0 cm³/mol. The number of rotatable bonds is 7. The standard InChI is InChI=1S/C13H19ClN2O2/c1-15-7-3-4-13(17)16-9-10-8-11(14)5-6-12(10)18-2/h5-6,8,15H,3-4,7,9H2,1-2H3,(H,16,17). The van der Waals surface area contributed by atoms with Gasteiger partial charge in [-0.15, -0.1) is 0 Å². The molecule has 1 amide bonds. The van der Waals surface area contributed by atoms with E-state index in [1.54, 1.807) is 25.3 Å². The summed E-state index contributed by atoms with van der Waals surface area (Å²) in [5.41, 5.74) is 0.881. The molecule has 1 aromatic carbocycles. The lowest BCUT2D eigenvalue weighted by Crippen LogP contribution is -2.23. The van der Waals surface area contributed by atoms with E-state index >= 15 is 0 Å². The molecule has 0 aromatic heterocycles. The Balaban J connectivity index is 2.47. The molecule has 2 N–H and O–H groups in total. The van der Waals surface area contributed by atoms with E-state index in [1.165, 1.54) is 0 Å². The summed E-state index contributed by atoms with van der Waals surface area (Å²) in [4.78, 5) is 11.6. The quantitative estimate of drug-likeness (QED) is 0.745. The first-order valence-electron chi connectivity index (χ1n) is 5.91. The van der Waals surface area contributed by atoms with Gasteiger partial charge in [-0.25, -0.2) is 0 Å². The molecule has 0 fully saturated rings. The molecule has 0 radical (unpaired) electrons. The van der Waals surface area contributed by atoms with Gasteiger partial charge in [0.2, 0.25) is 5.91 Å². The number of carbonyl (C=O) groups is 1. The highest BCUT2D eigenvalue weighted by Crippen LogP contribution is 2.22. The van der Waals surface area contributed by atoms with Crippen LogP contribution < -0.4 is 15.4 Å². The van der Waals surface area contributed by atoms with Crippen molar-refractivity contribution in [3.63, 3.8) is 0 Å². The van der Waals surface area contributed by atoms with Gasteiger partial charge in [0.25, 0.3) is 0 Å². The first kappa shape index (κ1) is 14.8. The summed E-state index contributed by atoms with van der Waals surface area (Å²) in [6.45, 7) is 1.27. The van der Waals surface area contributed by atoms with Crippen molar-refractivity contribution < 1.29 is 9.53 Å². The van der Waals surface area contributed by atoms with Gasteiger partial charge in [0.05, 0.1) is 7.11 Å². The van der Waals surface area contributed by atoms with Crippen LogP contribution in [0.3, 0.4) is 0 Å². The smallest absolute Gasteiger partial charge is 0.220 e. The molecule has 18 heavy (non-hydrogen) atoms. The second-order valence-electron chi connectivity index (χ2n) is 3.94. The van der Waals surface area contributed by atoms with E-state index in [2.05, 4.69) is 10.6 Å². The third kappa shape index (κ3) is 4.94. The van der Waals surface area contributed by atoms with E-state index in [4.69, 9.17) is 16.3 Å². The average Bonchev–Trinajstić information content (AvgIpc) is 2.37. The van der Waals surface area contributed by atoms with Crippen molar-refractivity contribution >= 4 is 17.5 Å². The van der Waals surface area contributed by atoms with Crippen molar-refractivity contribution in [2.75, 3.05) is 20.7 Å². The van der Waals surface area contributed by atoms with Crippen LogP contribution in [0.15, 0.2) is 18.2 Å². The summed E-state index contributed by atoms with van der Waals surface area (Å²) in [5, 5.41) is 6.49. The van der Waals surface area contributed by atoms with E-state index in [9.17, 15) is 4.79 Å². The Morgan fingerprint density at radius 1 is 1.44 bits per heavy atom. The molecule has 1 rings (SSSR count). The topological polar surface area (TPSA) is 50.4 Å². The van der Waals surface area contributed by atoms with Gasteiger partial charge < -0.3 is 15.4 Å². The molecular weight excluding hydrogens is 252 g/mol. The first-order valence-corrected chi connectivity index (χ1v) is 6.29. The second kappa shape index (κ2) is 7.95. The third-order valence-electron chi connectivity index (χ3n) is 2.55. The number of nitrogens with one attached hydrogen (secondary N) is 2. The largest absolute Gasteiger partial charge is 0.496 e. The number of amides is 1. The van der Waals surface area contributed by atoms with E-state index in [1.807, 2.05) is 7.05 Å². The number of hydrogen-bond acceptors (Lipinski definition) is 3. The number of benzene rings is 1. The minimum absolute atomic E-state index is 0.0345. The summed E-state index contributed by atoms with van der Waals surface area (Å²) in [6.07, 6.45) is 1.35. The second-order valence-corrected chi connectivity index (χ2v) is 4.38. The zero-order valence-electron chi connectivity index (χ0n) is 10.8. The van der Waals surface area contributed by atoms with Crippen LogP contribution in [0.25, 0.3) is 0 Å². The van der Waals surface area contributed by atoms with Crippen molar-refractivity contribution in [3.05, 3.63) is 28.8 Å². The SMILES string of the molecule is CNCCCC(=O)NCc1cc(Cl)ccc1OC. The van der Waals surface area contributed by atoms with E-state index in [0.29, 0.717) is 18.0 Å². The van der Waals surface area contributed by atoms with Gasteiger partial charge in [-0.05, 0) is 38.2 Å². The van der Waals surface area contributed by atoms with Gasteiger partial charge in [-0.1, -0.05) is 11.6 Å². The molecule has 1 aromatic rings. The molecule has 0 bridgehead atoms. The first-order chi connectivity index (χ1) is 8.67. The number of hydrogen-bond donors (Lipinski definition) is 2. The molecule has 0 saturated heterocycles. The molecule has 100 valence electrons. The summed E-state index contributed by atoms with van der Waals surface area (Å²) < 4.78 is 5.21. The van der Waals surface area contributed by atoms with Crippen molar-refractivity contribution in [1.29, 1.82) is 0 Å². The Morgan fingerprint density at radius 2 is 2.22 bits per heavy atom. The van der Waals surface area contributed by atoms with Crippen LogP contribution >= 0.6 is 11.6 Å².